The van der Waals surface area contributed by atoms with Crippen molar-refractivity contribution in [2.24, 2.45) is 5.92 Å². The van der Waals surface area contributed by atoms with E-state index < -0.39 is 11.9 Å². The van der Waals surface area contributed by atoms with Crippen LogP contribution >= 0.6 is 0 Å². The van der Waals surface area contributed by atoms with Crippen LogP contribution in [-0.2, 0) is 17.8 Å². The van der Waals surface area contributed by atoms with Crippen molar-refractivity contribution in [1.29, 1.82) is 5.26 Å². The van der Waals surface area contributed by atoms with Gasteiger partial charge in [0.05, 0.1) is 12.1 Å². The summed E-state index contributed by atoms with van der Waals surface area (Å²) in [5.41, 5.74) is 3.55. The van der Waals surface area contributed by atoms with Crippen molar-refractivity contribution in [1.82, 2.24) is 15.5 Å². The second-order valence-corrected chi connectivity index (χ2v) is 9.15. The number of hydrogen-bond acceptors (Lipinski definition) is 4. The molecule has 164 valence electrons. The van der Waals surface area contributed by atoms with Crippen LogP contribution in [0.15, 0.2) is 36.4 Å². The van der Waals surface area contributed by atoms with E-state index in [4.69, 9.17) is 0 Å². The van der Waals surface area contributed by atoms with Gasteiger partial charge in [0.2, 0.25) is 5.91 Å². The van der Waals surface area contributed by atoms with Crippen LogP contribution in [-0.4, -0.2) is 41.9 Å². The van der Waals surface area contributed by atoms with Crippen LogP contribution < -0.4 is 10.6 Å². The van der Waals surface area contributed by atoms with E-state index in [1.807, 2.05) is 18.2 Å². The van der Waals surface area contributed by atoms with Crippen molar-refractivity contribution in [2.75, 3.05) is 7.05 Å². The van der Waals surface area contributed by atoms with Crippen molar-refractivity contribution < 1.29 is 14.0 Å². The molecule has 4 atom stereocenters. The number of carbonyl (C=O) groups excluding carboxylic acids is 2. The number of halogens is 1. The molecule has 3 aliphatic rings. The van der Waals surface area contributed by atoms with Crippen molar-refractivity contribution in [2.45, 2.75) is 50.4 Å². The summed E-state index contributed by atoms with van der Waals surface area (Å²) in [6, 6.07) is 11.9. The van der Waals surface area contributed by atoms with Gasteiger partial charge in [0, 0.05) is 31.6 Å². The molecule has 2 N–H and O–H groups in total. The summed E-state index contributed by atoms with van der Waals surface area (Å²) >= 11 is 0. The number of nitrogens with zero attached hydrogens (tertiary/aromatic N) is 2. The summed E-state index contributed by atoms with van der Waals surface area (Å²) in [6.07, 6.45) is 3.26. The molecule has 2 aliphatic heterocycles. The SMILES string of the molecule is CN1Cc2cc(-c3ccc(CC(C#N)NC(=O)C4NC5CCC4C5)c(F)c3)ccc2C1=O. The van der Waals surface area contributed by atoms with Crippen LogP contribution in [0, 0.1) is 23.1 Å². The number of rotatable bonds is 5. The lowest BCUT2D eigenvalue weighted by Gasteiger charge is -2.23. The normalized spacial score (nSPS) is 24.3. The molecule has 5 rings (SSSR count). The topological polar surface area (TPSA) is 85.2 Å². The van der Waals surface area contributed by atoms with Gasteiger partial charge in [0.25, 0.3) is 5.91 Å². The molecule has 0 spiro atoms. The van der Waals surface area contributed by atoms with Crippen LogP contribution in [0.1, 0.15) is 40.7 Å². The Kier molecular flexibility index (Phi) is 5.18. The molecule has 2 aromatic carbocycles. The van der Waals surface area contributed by atoms with E-state index in [0.717, 1.165) is 30.4 Å². The number of amides is 2. The highest BCUT2D eigenvalue weighted by Crippen LogP contribution is 2.35. The summed E-state index contributed by atoms with van der Waals surface area (Å²) in [4.78, 5) is 26.3. The van der Waals surface area contributed by atoms with Gasteiger partial charge in [-0.3, -0.25) is 9.59 Å². The maximum atomic E-state index is 14.9. The lowest BCUT2D eigenvalue weighted by molar-refractivity contribution is -0.124. The molecule has 1 saturated carbocycles. The molecule has 6 nitrogen and oxygen atoms in total. The fourth-order valence-electron chi connectivity index (χ4n) is 5.30. The molecular weight excluding hydrogens is 407 g/mol. The number of piperidine rings is 1. The van der Waals surface area contributed by atoms with Gasteiger partial charge in [-0.15, -0.1) is 0 Å². The first-order chi connectivity index (χ1) is 15.4. The van der Waals surface area contributed by atoms with Gasteiger partial charge in [0.1, 0.15) is 11.9 Å². The zero-order valence-corrected chi connectivity index (χ0v) is 17.9. The van der Waals surface area contributed by atoms with Crippen LogP contribution in [0.5, 0.6) is 0 Å². The van der Waals surface area contributed by atoms with Crippen molar-refractivity contribution >= 4 is 11.8 Å². The van der Waals surface area contributed by atoms with E-state index >= 15 is 0 Å². The Balaban J connectivity index is 1.28. The monoisotopic (exact) mass is 432 g/mol. The predicted octanol–water partition coefficient (Wildman–Crippen LogP) is 2.77. The fraction of sp³-hybridized carbons (Fsp3) is 0.400. The summed E-state index contributed by atoms with van der Waals surface area (Å²) < 4.78 is 14.9. The third-order valence-corrected chi connectivity index (χ3v) is 7.01. The molecule has 2 amide bonds. The molecule has 4 unspecified atom stereocenters. The Morgan fingerprint density at radius 1 is 1.28 bits per heavy atom. The number of fused-ring (bicyclic) bond motifs is 3. The Hall–Kier alpha value is -3.24. The molecule has 7 heteroatoms. The van der Waals surface area contributed by atoms with Gasteiger partial charge >= 0.3 is 0 Å². The summed E-state index contributed by atoms with van der Waals surface area (Å²) in [5, 5.41) is 15.6. The Bertz CT molecular complexity index is 1140. The van der Waals surface area contributed by atoms with Gasteiger partial charge < -0.3 is 15.5 Å². The van der Waals surface area contributed by atoms with Gasteiger partial charge in [-0.05, 0) is 65.6 Å². The average Bonchev–Trinajstić information content (AvgIpc) is 3.49. The molecule has 32 heavy (non-hydrogen) atoms. The third kappa shape index (κ3) is 3.65. The minimum absolute atomic E-state index is 0.00157. The maximum absolute atomic E-state index is 14.9. The van der Waals surface area contributed by atoms with Gasteiger partial charge in [0.15, 0.2) is 0 Å². The number of hydrogen-bond donors (Lipinski definition) is 2. The molecule has 2 fully saturated rings. The Morgan fingerprint density at radius 2 is 2.06 bits per heavy atom. The van der Waals surface area contributed by atoms with Crippen molar-refractivity contribution in [3.8, 4) is 17.2 Å². The van der Waals surface area contributed by atoms with Crippen LogP contribution in [0.4, 0.5) is 4.39 Å². The van der Waals surface area contributed by atoms with Crippen molar-refractivity contribution in [3.63, 3.8) is 0 Å². The second-order valence-electron chi connectivity index (χ2n) is 9.15. The van der Waals surface area contributed by atoms with Crippen LogP contribution in [0.25, 0.3) is 11.1 Å². The number of nitriles is 1. The molecule has 0 aromatic heterocycles. The fourth-order valence-corrected chi connectivity index (χ4v) is 5.30. The smallest absolute Gasteiger partial charge is 0.254 e. The van der Waals surface area contributed by atoms with E-state index in [-0.39, 0.29) is 24.3 Å². The highest BCUT2D eigenvalue weighted by molar-refractivity contribution is 5.98. The van der Waals surface area contributed by atoms with E-state index in [1.165, 1.54) is 6.07 Å². The minimum atomic E-state index is -0.787. The zero-order chi connectivity index (χ0) is 22.4. The number of carbonyl (C=O) groups is 2. The lowest BCUT2D eigenvalue weighted by Crippen LogP contribution is -2.50. The highest BCUT2D eigenvalue weighted by atomic mass is 19.1. The first-order valence-electron chi connectivity index (χ1n) is 11.1. The van der Waals surface area contributed by atoms with E-state index in [9.17, 15) is 19.2 Å². The molecule has 0 radical (unpaired) electrons. The van der Waals surface area contributed by atoms with Crippen molar-refractivity contribution in [3.05, 3.63) is 58.9 Å². The van der Waals surface area contributed by atoms with Gasteiger partial charge in [-0.25, -0.2) is 4.39 Å². The summed E-state index contributed by atoms with van der Waals surface area (Å²) in [5.74, 6) is -0.252. The molecule has 2 bridgehead atoms. The lowest BCUT2D eigenvalue weighted by atomic mass is 9.97. The quantitative estimate of drug-likeness (QED) is 0.761. The maximum Gasteiger partial charge on any atom is 0.254 e. The van der Waals surface area contributed by atoms with Crippen LogP contribution in [0.3, 0.4) is 0 Å². The number of nitrogens with one attached hydrogen (secondary N) is 2. The first-order valence-corrected chi connectivity index (χ1v) is 11.1. The largest absolute Gasteiger partial charge is 0.339 e. The standard InChI is InChI=1S/C25H25FN4O2/c1-30-13-18-8-14(5-7-21(18)25(30)32)15-2-3-16(22(26)11-15)9-20(12-27)29-24(31)23-17-4-6-19(10-17)28-23/h2-3,5,7-8,11,17,19-20,23,28H,4,6,9-10,13H2,1H3,(H,29,31). The Morgan fingerprint density at radius 3 is 2.75 bits per heavy atom. The molecule has 2 heterocycles. The summed E-state index contributed by atoms with van der Waals surface area (Å²) in [7, 11) is 1.76. The van der Waals surface area contributed by atoms with Crippen LogP contribution in [0.2, 0.25) is 0 Å². The highest BCUT2D eigenvalue weighted by Gasteiger charge is 2.43. The minimum Gasteiger partial charge on any atom is -0.339 e. The molecule has 1 saturated heterocycles. The van der Waals surface area contributed by atoms with Gasteiger partial charge in [-0.2, -0.15) is 5.26 Å². The zero-order valence-electron chi connectivity index (χ0n) is 17.9. The third-order valence-electron chi connectivity index (χ3n) is 7.01. The molecule has 1 aliphatic carbocycles. The molecular formula is C25H25FN4O2. The van der Waals surface area contributed by atoms with Gasteiger partial charge in [-0.1, -0.05) is 18.2 Å². The number of benzene rings is 2. The van der Waals surface area contributed by atoms with E-state index in [0.29, 0.717) is 35.2 Å². The second kappa shape index (κ2) is 8.03. The first kappa shape index (κ1) is 20.7. The molecule has 2 aromatic rings. The average molecular weight is 432 g/mol. The Labute approximate surface area is 186 Å². The van der Waals surface area contributed by atoms with E-state index in [1.54, 1.807) is 24.1 Å². The van der Waals surface area contributed by atoms with E-state index in [2.05, 4.69) is 16.7 Å². The predicted molar refractivity (Wildman–Crippen MR) is 117 cm³/mol. The summed E-state index contributed by atoms with van der Waals surface area (Å²) in [6.45, 7) is 0.545.